The Hall–Kier alpha value is -1.44. The van der Waals surface area contributed by atoms with E-state index < -0.39 is 5.97 Å². The lowest BCUT2D eigenvalue weighted by atomic mass is 10.2. The molecule has 94 valence electrons. The number of carbonyl (C=O) groups excluding carboxylic acids is 1. The fraction of sp³-hybridized carbons (Fsp3) is 0.250. The maximum atomic E-state index is 11.4. The summed E-state index contributed by atoms with van der Waals surface area (Å²) in [6.45, 7) is 2.68. The minimum atomic E-state index is -0.439. The lowest BCUT2D eigenvalue weighted by molar-refractivity contribution is 0.0519. The van der Waals surface area contributed by atoms with Crippen LogP contribution in [0, 0.1) is 3.57 Å². The molecule has 0 bridgehead atoms. The normalized spacial score (nSPS) is 10.3. The third-order valence-corrected chi connectivity index (χ3v) is 2.93. The lowest BCUT2D eigenvalue weighted by Gasteiger charge is -2.01. The molecule has 6 heteroatoms. The van der Waals surface area contributed by atoms with Crippen molar-refractivity contribution in [1.29, 1.82) is 0 Å². The second-order valence-electron chi connectivity index (χ2n) is 3.65. The van der Waals surface area contributed by atoms with E-state index in [9.17, 15) is 4.79 Å². The third kappa shape index (κ3) is 3.28. The van der Waals surface area contributed by atoms with Crippen LogP contribution in [0.4, 0.5) is 0 Å². The summed E-state index contributed by atoms with van der Waals surface area (Å²) in [6.07, 6.45) is 1.60. The van der Waals surface area contributed by atoms with Gasteiger partial charge >= 0.3 is 5.97 Å². The van der Waals surface area contributed by atoms with Gasteiger partial charge in [-0.25, -0.2) is 9.48 Å². The van der Waals surface area contributed by atoms with E-state index in [1.807, 2.05) is 18.2 Å². The molecule has 0 aliphatic carbocycles. The van der Waals surface area contributed by atoms with Crippen molar-refractivity contribution in [1.82, 2.24) is 15.0 Å². The molecule has 0 saturated carbocycles. The van der Waals surface area contributed by atoms with Crippen molar-refractivity contribution in [2.75, 3.05) is 6.61 Å². The molecule has 0 atom stereocenters. The molecule has 2 rings (SSSR count). The Labute approximate surface area is 118 Å². The van der Waals surface area contributed by atoms with Crippen molar-refractivity contribution < 1.29 is 9.53 Å². The highest BCUT2D eigenvalue weighted by atomic mass is 127. The Morgan fingerprint density at radius 1 is 1.50 bits per heavy atom. The molecule has 18 heavy (non-hydrogen) atoms. The zero-order valence-corrected chi connectivity index (χ0v) is 12.0. The molecule has 1 heterocycles. The monoisotopic (exact) mass is 357 g/mol. The molecule has 5 nitrogen and oxygen atoms in total. The zero-order valence-electron chi connectivity index (χ0n) is 9.84. The van der Waals surface area contributed by atoms with Crippen LogP contribution in [0.2, 0.25) is 0 Å². The first-order chi connectivity index (χ1) is 8.69. The van der Waals surface area contributed by atoms with Gasteiger partial charge in [-0.3, -0.25) is 0 Å². The minimum Gasteiger partial charge on any atom is -0.461 e. The van der Waals surface area contributed by atoms with Gasteiger partial charge in [-0.2, -0.15) is 0 Å². The molecule has 0 spiro atoms. The van der Waals surface area contributed by atoms with E-state index >= 15 is 0 Å². The summed E-state index contributed by atoms with van der Waals surface area (Å²) in [6, 6.07) is 8.08. The molecule has 0 amide bonds. The van der Waals surface area contributed by atoms with Crippen molar-refractivity contribution >= 4 is 28.6 Å². The Morgan fingerprint density at radius 2 is 2.33 bits per heavy atom. The van der Waals surface area contributed by atoms with Crippen LogP contribution in [-0.2, 0) is 11.3 Å². The first-order valence-electron chi connectivity index (χ1n) is 5.50. The fourth-order valence-corrected chi connectivity index (χ4v) is 2.10. The van der Waals surface area contributed by atoms with Gasteiger partial charge in [-0.05, 0) is 47.2 Å². The summed E-state index contributed by atoms with van der Waals surface area (Å²) in [4.78, 5) is 11.4. The molecule has 0 aliphatic heterocycles. The highest BCUT2D eigenvalue weighted by Crippen LogP contribution is 2.09. The Bertz CT molecular complexity index is 554. The molecule has 0 unspecified atom stereocenters. The van der Waals surface area contributed by atoms with Crippen molar-refractivity contribution in [2.24, 2.45) is 0 Å². The van der Waals surface area contributed by atoms with Gasteiger partial charge in [-0.15, -0.1) is 5.10 Å². The third-order valence-electron chi connectivity index (χ3n) is 2.26. The summed E-state index contributed by atoms with van der Waals surface area (Å²) in [5.74, 6) is -0.439. The number of esters is 1. The van der Waals surface area contributed by atoms with Crippen LogP contribution in [0.25, 0.3) is 0 Å². The fourth-order valence-electron chi connectivity index (χ4n) is 1.50. The zero-order chi connectivity index (χ0) is 13.0. The number of aromatic nitrogens is 3. The molecule has 0 fully saturated rings. The summed E-state index contributed by atoms with van der Waals surface area (Å²) >= 11 is 2.26. The van der Waals surface area contributed by atoms with Crippen LogP contribution in [0.5, 0.6) is 0 Å². The Balaban J connectivity index is 2.09. The highest BCUT2D eigenvalue weighted by molar-refractivity contribution is 14.1. The number of carbonyl (C=O) groups is 1. The van der Waals surface area contributed by atoms with Gasteiger partial charge in [0.2, 0.25) is 0 Å². The minimum absolute atomic E-state index is 0.238. The van der Waals surface area contributed by atoms with E-state index in [-0.39, 0.29) is 5.69 Å². The average Bonchev–Trinajstić information content (AvgIpc) is 2.78. The summed E-state index contributed by atoms with van der Waals surface area (Å²) in [7, 11) is 0. The highest BCUT2D eigenvalue weighted by Gasteiger charge is 2.11. The van der Waals surface area contributed by atoms with E-state index in [4.69, 9.17) is 4.74 Å². The van der Waals surface area contributed by atoms with Gasteiger partial charge in [0.05, 0.1) is 19.3 Å². The van der Waals surface area contributed by atoms with Gasteiger partial charge in [-0.1, -0.05) is 17.3 Å². The van der Waals surface area contributed by atoms with Crippen LogP contribution in [0.15, 0.2) is 30.5 Å². The number of hydrogen-bond acceptors (Lipinski definition) is 4. The van der Waals surface area contributed by atoms with Crippen LogP contribution in [0.3, 0.4) is 0 Å². The van der Waals surface area contributed by atoms with Crippen molar-refractivity contribution in [2.45, 2.75) is 13.5 Å². The Morgan fingerprint density at radius 3 is 3.06 bits per heavy atom. The largest absolute Gasteiger partial charge is 0.461 e. The van der Waals surface area contributed by atoms with Crippen molar-refractivity contribution in [3.8, 4) is 0 Å². The number of hydrogen-bond donors (Lipinski definition) is 0. The molecular formula is C12H12IN3O2. The molecule has 0 saturated heterocycles. The summed E-state index contributed by atoms with van der Waals surface area (Å²) < 4.78 is 7.64. The SMILES string of the molecule is CCOC(=O)c1cn(Cc2cccc(I)c2)nn1. The average molecular weight is 357 g/mol. The molecule has 2 aromatic rings. The standard InChI is InChI=1S/C12H12IN3O2/c1-2-18-12(17)11-8-16(15-14-11)7-9-4-3-5-10(13)6-9/h3-6,8H,2,7H2,1H3. The number of halogens is 1. The predicted molar refractivity (Wildman–Crippen MR) is 74.2 cm³/mol. The van der Waals surface area contributed by atoms with Gasteiger partial charge in [0, 0.05) is 3.57 Å². The second-order valence-corrected chi connectivity index (χ2v) is 4.90. The number of ether oxygens (including phenoxy) is 1. The number of rotatable bonds is 4. The maximum absolute atomic E-state index is 11.4. The van der Waals surface area contributed by atoms with Crippen molar-refractivity contribution in [3.05, 3.63) is 45.3 Å². The lowest BCUT2D eigenvalue weighted by Crippen LogP contribution is -2.05. The van der Waals surface area contributed by atoms with E-state index in [0.29, 0.717) is 13.2 Å². The van der Waals surface area contributed by atoms with Gasteiger partial charge in [0.25, 0.3) is 0 Å². The maximum Gasteiger partial charge on any atom is 0.360 e. The van der Waals surface area contributed by atoms with E-state index in [1.165, 1.54) is 0 Å². The molecule has 1 aromatic heterocycles. The number of benzene rings is 1. The molecular weight excluding hydrogens is 345 g/mol. The molecule has 0 N–H and O–H groups in total. The van der Waals surface area contributed by atoms with E-state index in [1.54, 1.807) is 17.8 Å². The summed E-state index contributed by atoms with van der Waals surface area (Å²) in [5, 5.41) is 7.70. The molecule has 1 aromatic carbocycles. The van der Waals surface area contributed by atoms with Crippen molar-refractivity contribution in [3.63, 3.8) is 0 Å². The van der Waals surface area contributed by atoms with Gasteiger partial charge in [0.15, 0.2) is 5.69 Å². The summed E-state index contributed by atoms with van der Waals surface area (Å²) in [5.41, 5.74) is 1.35. The smallest absolute Gasteiger partial charge is 0.360 e. The van der Waals surface area contributed by atoms with Crippen LogP contribution >= 0.6 is 22.6 Å². The predicted octanol–water partition coefficient (Wildman–Crippen LogP) is 2.11. The Kier molecular flexibility index (Phi) is 4.29. The van der Waals surface area contributed by atoms with Gasteiger partial charge < -0.3 is 4.74 Å². The first-order valence-corrected chi connectivity index (χ1v) is 6.58. The topological polar surface area (TPSA) is 57.0 Å². The molecule has 0 radical (unpaired) electrons. The van der Waals surface area contributed by atoms with E-state index in [0.717, 1.165) is 9.13 Å². The van der Waals surface area contributed by atoms with Crippen LogP contribution < -0.4 is 0 Å². The van der Waals surface area contributed by atoms with E-state index in [2.05, 4.69) is 39.0 Å². The van der Waals surface area contributed by atoms with Crippen LogP contribution in [-0.4, -0.2) is 27.6 Å². The van der Waals surface area contributed by atoms with Crippen LogP contribution in [0.1, 0.15) is 23.0 Å². The number of nitrogens with zero attached hydrogens (tertiary/aromatic N) is 3. The second kappa shape index (κ2) is 5.94. The first kappa shape index (κ1) is 13.0. The quantitative estimate of drug-likeness (QED) is 0.621. The van der Waals surface area contributed by atoms with Gasteiger partial charge in [0.1, 0.15) is 0 Å². The molecule has 0 aliphatic rings.